The maximum atomic E-state index is 12.6. The molecule has 2 aromatic carbocycles. The lowest BCUT2D eigenvalue weighted by Gasteiger charge is -2.15. The minimum absolute atomic E-state index is 0.127. The molecule has 2 amide bonds. The molecule has 1 saturated carbocycles. The highest BCUT2D eigenvalue weighted by Crippen LogP contribution is 2.24. The third-order valence-electron chi connectivity index (χ3n) is 4.55. The van der Waals surface area contributed by atoms with Crippen molar-refractivity contribution in [2.45, 2.75) is 36.6 Å². The monoisotopic (exact) mass is 384 g/mol. The average molecular weight is 385 g/mol. The molecular weight excluding hydrogens is 360 g/mol. The number of hydrogen-bond acceptors (Lipinski definition) is 4. The molecule has 2 N–H and O–H groups in total. The number of nitrogens with one attached hydrogen (secondary N) is 2. The first kappa shape index (κ1) is 19.3. The summed E-state index contributed by atoms with van der Waals surface area (Å²) < 4.78 is 5.20. The summed E-state index contributed by atoms with van der Waals surface area (Å²) in [7, 11) is 1.62. The molecule has 0 radical (unpaired) electrons. The molecule has 6 heteroatoms. The van der Waals surface area contributed by atoms with Gasteiger partial charge in [0.05, 0.1) is 24.1 Å². The first-order valence-electron chi connectivity index (χ1n) is 9.12. The molecule has 0 aliphatic heterocycles. The van der Waals surface area contributed by atoms with Crippen LogP contribution in [0.2, 0.25) is 0 Å². The summed E-state index contributed by atoms with van der Waals surface area (Å²) in [6.45, 7) is 0. The Morgan fingerprint density at radius 3 is 2.67 bits per heavy atom. The van der Waals surface area contributed by atoms with Crippen LogP contribution >= 0.6 is 11.8 Å². The predicted octanol–water partition coefficient (Wildman–Crippen LogP) is 4.10. The largest absolute Gasteiger partial charge is 0.497 e. The van der Waals surface area contributed by atoms with Gasteiger partial charge >= 0.3 is 0 Å². The Hall–Kier alpha value is -2.47. The van der Waals surface area contributed by atoms with E-state index in [2.05, 4.69) is 10.6 Å². The van der Waals surface area contributed by atoms with Crippen molar-refractivity contribution in [1.82, 2.24) is 5.32 Å². The maximum absolute atomic E-state index is 12.6. The Bertz CT molecular complexity index is 804. The van der Waals surface area contributed by atoms with Crippen molar-refractivity contribution in [3.8, 4) is 5.75 Å². The van der Waals surface area contributed by atoms with E-state index in [1.54, 1.807) is 19.2 Å². The third-order valence-corrected chi connectivity index (χ3v) is 5.54. The second kappa shape index (κ2) is 9.46. The van der Waals surface area contributed by atoms with Gasteiger partial charge < -0.3 is 15.4 Å². The number of hydrogen-bond donors (Lipinski definition) is 2. The minimum atomic E-state index is -0.149. The molecule has 142 valence electrons. The number of para-hydroxylation sites is 1. The SMILES string of the molecule is COc1cccc(SCC(=O)Nc2ccccc2C(=O)NC2CCCC2)c1. The van der Waals surface area contributed by atoms with Crippen LogP contribution in [0.1, 0.15) is 36.0 Å². The molecule has 1 aliphatic rings. The quantitative estimate of drug-likeness (QED) is 0.706. The lowest BCUT2D eigenvalue weighted by Crippen LogP contribution is -2.33. The summed E-state index contributed by atoms with van der Waals surface area (Å²) in [5, 5.41) is 5.93. The molecule has 27 heavy (non-hydrogen) atoms. The molecule has 0 heterocycles. The Morgan fingerprint density at radius 2 is 1.89 bits per heavy atom. The zero-order valence-corrected chi connectivity index (χ0v) is 16.2. The number of carbonyl (C=O) groups is 2. The highest BCUT2D eigenvalue weighted by atomic mass is 32.2. The molecule has 5 nitrogen and oxygen atoms in total. The fraction of sp³-hybridized carbons (Fsp3) is 0.333. The van der Waals surface area contributed by atoms with E-state index < -0.39 is 0 Å². The minimum Gasteiger partial charge on any atom is -0.497 e. The van der Waals surface area contributed by atoms with Crippen molar-refractivity contribution in [3.63, 3.8) is 0 Å². The van der Waals surface area contributed by atoms with Crippen LogP contribution in [-0.4, -0.2) is 30.7 Å². The van der Waals surface area contributed by atoms with E-state index in [0.717, 1.165) is 36.3 Å². The first-order valence-corrected chi connectivity index (χ1v) is 10.1. The lowest BCUT2D eigenvalue weighted by molar-refractivity contribution is -0.113. The molecule has 1 aliphatic carbocycles. The first-order chi connectivity index (χ1) is 13.2. The molecule has 3 rings (SSSR count). The molecule has 1 fully saturated rings. The van der Waals surface area contributed by atoms with Crippen molar-refractivity contribution in [2.75, 3.05) is 18.2 Å². The number of rotatable bonds is 7. The zero-order chi connectivity index (χ0) is 19.1. The van der Waals surface area contributed by atoms with Gasteiger partial charge in [0, 0.05) is 10.9 Å². The van der Waals surface area contributed by atoms with Gasteiger partial charge in [-0.05, 0) is 43.2 Å². The zero-order valence-electron chi connectivity index (χ0n) is 15.4. The molecule has 0 unspecified atom stereocenters. The van der Waals surface area contributed by atoms with Crippen LogP contribution in [0, 0.1) is 0 Å². The summed E-state index contributed by atoms with van der Waals surface area (Å²) in [6.07, 6.45) is 4.37. The number of anilines is 1. The Labute approximate surface area is 163 Å². The van der Waals surface area contributed by atoms with Crippen LogP contribution in [0.3, 0.4) is 0 Å². The van der Waals surface area contributed by atoms with Gasteiger partial charge in [-0.3, -0.25) is 9.59 Å². The van der Waals surface area contributed by atoms with E-state index in [0.29, 0.717) is 11.3 Å². The molecule has 0 saturated heterocycles. The topological polar surface area (TPSA) is 67.4 Å². The Kier molecular flexibility index (Phi) is 6.76. The fourth-order valence-corrected chi connectivity index (χ4v) is 3.89. The van der Waals surface area contributed by atoms with Crippen LogP contribution in [0.4, 0.5) is 5.69 Å². The van der Waals surface area contributed by atoms with Crippen molar-refractivity contribution < 1.29 is 14.3 Å². The number of thioether (sulfide) groups is 1. The van der Waals surface area contributed by atoms with Crippen molar-refractivity contribution in [3.05, 3.63) is 54.1 Å². The van der Waals surface area contributed by atoms with Crippen molar-refractivity contribution >= 4 is 29.3 Å². The van der Waals surface area contributed by atoms with E-state index in [1.165, 1.54) is 11.8 Å². The predicted molar refractivity (Wildman–Crippen MR) is 109 cm³/mol. The van der Waals surface area contributed by atoms with E-state index >= 15 is 0 Å². The van der Waals surface area contributed by atoms with Crippen molar-refractivity contribution in [2.24, 2.45) is 0 Å². The standard InChI is InChI=1S/C21H24N2O3S/c1-26-16-9-6-10-17(13-16)27-14-20(24)23-19-12-5-4-11-18(19)21(25)22-15-7-2-3-8-15/h4-6,9-13,15H,2-3,7-8,14H2,1H3,(H,22,25)(H,23,24). The number of benzene rings is 2. The van der Waals surface area contributed by atoms with Crippen LogP contribution in [-0.2, 0) is 4.79 Å². The lowest BCUT2D eigenvalue weighted by atomic mass is 10.1. The smallest absolute Gasteiger partial charge is 0.253 e. The Balaban J connectivity index is 1.59. The van der Waals surface area contributed by atoms with Crippen LogP contribution < -0.4 is 15.4 Å². The fourth-order valence-electron chi connectivity index (χ4n) is 3.15. The van der Waals surface area contributed by atoms with Crippen LogP contribution in [0.5, 0.6) is 5.75 Å². The molecular formula is C21H24N2O3S. The van der Waals surface area contributed by atoms with E-state index in [9.17, 15) is 9.59 Å². The highest BCUT2D eigenvalue weighted by Gasteiger charge is 2.20. The Morgan fingerprint density at radius 1 is 1.11 bits per heavy atom. The van der Waals surface area contributed by atoms with Gasteiger partial charge in [0.25, 0.3) is 5.91 Å². The van der Waals surface area contributed by atoms with Crippen molar-refractivity contribution in [1.29, 1.82) is 0 Å². The average Bonchev–Trinajstić information content (AvgIpc) is 3.20. The second-order valence-electron chi connectivity index (χ2n) is 6.52. The summed E-state index contributed by atoms with van der Waals surface area (Å²) in [6, 6.07) is 15.0. The number of carbonyl (C=O) groups excluding carboxylic acids is 2. The number of amides is 2. The molecule has 0 atom stereocenters. The van der Waals surface area contributed by atoms with Gasteiger partial charge in [-0.2, -0.15) is 0 Å². The van der Waals surface area contributed by atoms with E-state index in [-0.39, 0.29) is 23.6 Å². The maximum Gasteiger partial charge on any atom is 0.253 e. The van der Waals surface area contributed by atoms with Gasteiger partial charge in [-0.1, -0.05) is 31.0 Å². The summed E-state index contributed by atoms with van der Waals surface area (Å²) in [5.74, 6) is 0.739. The number of ether oxygens (including phenoxy) is 1. The van der Waals surface area contributed by atoms with Gasteiger partial charge in [0.15, 0.2) is 0 Å². The van der Waals surface area contributed by atoms with E-state index in [1.807, 2.05) is 36.4 Å². The second-order valence-corrected chi connectivity index (χ2v) is 7.57. The summed E-state index contributed by atoms with van der Waals surface area (Å²) >= 11 is 1.43. The third kappa shape index (κ3) is 5.50. The molecule has 0 bridgehead atoms. The van der Waals surface area contributed by atoms with Crippen LogP contribution in [0.25, 0.3) is 0 Å². The number of methoxy groups -OCH3 is 1. The highest BCUT2D eigenvalue weighted by molar-refractivity contribution is 8.00. The molecule has 0 aromatic heterocycles. The normalized spacial score (nSPS) is 14.0. The van der Waals surface area contributed by atoms with Crippen LogP contribution in [0.15, 0.2) is 53.4 Å². The molecule has 0 spiro atoms. The van der Waals surface area contributed by atoms with Gasteiger partial charge in [0.1, 0.15) is 5.75 Å². The van der Waals surface area contributed by atoms with Gasteiger partial charge in [0.2, 0.25) is 5.91 Å². The van der Waals surface area contributed by atoms with Gasteiger partial charge in [-0.15, -0.1) is 11.8 Å². The molecule has 2 aromatic rings. The van der Waals surface area contributed by atoms with E-state index in [4.69, 9.17) is 4.74 Å². The summed E-state index contributed by atoms with van der Waals surface area (Å²) in [5.41, 5.74) is 1.05. The van der Waals surface area contributed by atoms with Gasteiger partial charge in [-0.25, -0.2) is 0 Å². The summed E-state index contributed by atoms with van der Waals surface area (Å²) in [4.78, 5) is 25.9.